The van der Waals surface area contributed by atoms with Crippen molar-refractivity contribution >= 4 is 17.3 Å². The van der Waals surface area contributed by atoms with Gasteiger partial charge in [-0.25, -0.2) is 4.39 Å². The van der Waals surface area contributed by atoms with Gasteiger partial charge in [0, 0.05) is 61.5 Å². The molecule has 5 aliphatic rings. The Morgan fingerprint density at radius 3 is 2.51 bits per heavy atom. The summed E-state index contributed by atoms with van der Waals surface area (Å²) in [5.74, 6) is 0.459. The van der Waals surface area contributed by atoms with E-state index < -0.39 is 22.4 Å². The molecule has 1 saturated carbocycles. The largest absolute Gasteiger partial charge is 0.488 e. The molecule has 4 fully saturated rings. The van der Waals surface area contributed by atoms with Crippen LogP contribution < -0.4 is 10.1 Å². The van der Waals surface area contributed by atoms with Crippen molar-refractivity contribution < 1.29 is 36.8 Å². The minimum Gasteiger partial charge on any atom is -0.488 e. The molecule has 232 valence electrons. The second-order valence-corrected chi connectivity index (χ2v) is 12.0. The SMILES string of the molecule is O=C(CO[C@H]1CC[C@H](Nc2ccc([N+](=O)[O-])c(C(F)(F)F)c2)CC1)N1CC2CCC1CN2CC1Cc2cc(F)ccc2O1. The zero-order valence-electron chi connectivity index (χ0n) is 23.5. The number of hydrogen-bond acceptors (Lipinski definition) is 7. The number of nitro groups is 1. The van der Waals surface area contributed by atoms with Gasteiger partial charge in [0.2, 0.25) is 5.91 Å². The van der Waals surface area contributed by atoms with Crippen molar-refractivity contribution in [3.63, 3.8) is 0 Å². The van der Waals surface area contributed by atoms with Crippen LogP contribution in [0.5, 0.6) is 5.75 Å². The van der Waals surface area contributed by atoms with Crippen molar-refractivity contribution in [1.29, 1.82) is 0 Å². The first-order valence-corrected chi connectivity index (χ1v) is 14.8. The lowest BCUT2D eigenvalue weighted by atomic mass is 9.90. The second-order valence-electron chi connectivity index (χ2n) is 12.0. The van der Waals surface area contributed by atoms with Crippen LogP contribution in [0.1, 0.15) is 49.7 Å². The normalized spacial score (nSPS) is 27.1. The maximum Gasteiger partial charge on any atom is 0.423 e. The van der Waals surface area contributed by atoms with Crippen molar-refractivity contribution in [1.82, 2.24) is 9.80 Å². The quantitative estimate of drug-likeness (QED) is 0.252. The first-order valence-electron chi connectivity index (χ1n) is 14.8. The molecule has 4 aliphatic heterocycles. The lowest BCUT2D eigenvalue weighted by molar-refractivity contribution is -0.388. The van der Waals surface area contributed by atoms with E-state index in [-0.39, 0.29) is 54.4 Å². The fourth-order valence-electron chi connectivity index (χ4n) is 6.99. The third-order valence-electron chi connectivity index (χ3n) is 9.15. The van der Waals surface area contributed by atoms with Gasteiger partial charge in [0.25, 0.3) is 5.69 Å². The van der Waals surface area contributed by atoms with Crippen LogP contribution in [-0.2, 0) is 22.1 Å². The molecule has 2 bridgehead atoms. The van der Waals surface area contributed by atoms with Crippen molar-refractivity contribution in [2.45, 2.75) is 81.5 Å². The van der Waals surface area contributed by atoms with E-state index in [1.165, 1.54) is 18.2 Å². The monoisotopic (exact) mass is 606 g/mol. The first-order chi connectivity index (χ1) is 20.5. The average Bonchev–Trinajstić information content (AvgIpc) is 3.37. The minimum absolute atomic E-state index is 0.00408. The number of nitrogens with one attached hydrogen (secondary N) is 1. The molecule has 7 rings (SSSR count). The van der Waals surface area contributed by atoms with Crippen LogP contribution in [0.4, 0.5) is 28.9 Å². The summed E-state index contributed by atoms with van der Waals surface area (Å²) in [6, 6.07) is 7.85. The van der Waals surface area contributed by atoms with Crippen molar-refractivity contribution in [3.05, 3.63) is 63.5 Å². The summed E-state index contributed by atoms with van der Waals surface area (Å²) < 4.78 is 65.5. The number of carbonyl (C=O) groups excluding carboxylic acids is 1. The number of amides is 1. The van der Waals surface area contributed by atoms with Gasteiger partial charge in [-0.2, -0.15) is 13.2 Å². The van der Waals surface area contributed by atoms with Crippen LogP contribution in [0.3, 0.4) is 0 Å². The molecule has 3 unspecified atom stereocenters. The molecule has 0 spiro atoms. The number of nitro benzene ring substituents is 1. The first kappa shape index (κ1) is 29.6. The molecule has 0 radical (unpaired) electrons. The number of benzene rings is 2. The van der Waals surface area contributed by atoms with Gasteiger partial charge in [0.15, 0.2) is 0 Å². The molecular formula is C30H34F4N4O5. The predicted octanol–water partition coefficient (Wildman–Crippen LogP) is 5.17. The molecule has 1 amide bonds. The molecule has 1 aliphatic carbocycles. The van der Waals surface area contributed by atoms with E-state index in [4.69, 9.17) is 9.47 Å². The number of piperidine rings is 2. The Balaban J connectivity index is 0.942. The number of fused-ring (bicyclic) bond motifs is 4. The van der Waals surface area contributed by atoms with Gasteiger partial charge in [-0.1, -0.05) is 0 Å². The summed E-state index contributed by atoms with van der Waals surface area (Å²) in [5, 5.41) is 14.1. The summed E-state index contributed by atoms with van der Waals surface area (Å²) in [4.78, 5) is 27.4. The van der Waals surface area contributed by atoms with E-state index in [0.717, 1.165) is 49.4 Å². The number of anilines is 1. The second kappa shape index (κ2) is 11.9. The number of hydrogen-bond donors (Lipinski definition) is 1. The molecule has 0 aromatic heterocycles. The average molecular weight is 607 g/mol. The molecule has 43 heavy (non-hydrogen) atoms. The number of ether oxygens (including phenoxy) is 2. The summed E-state index contributed by atoms with van der Waals surface area (Å²) in [6.45, 7) is 2.16. The lowest BCUT2D eigenvalue weighted by Crippen LogP contribution is -2.65. The molecular weight excluding hydrogens is 572 g/mol. The van der Waals surface area contributed by atoms with Gasteiger partial charge < -0.3 is 19.7 Å². The third-order valence-corrected chi connectivity index (χ3v) is 9.15. The number of halogens is 4. The smallest absolute Gasteiger partial charge is 0.423 e. The fourth-order valence-corrected chi connectivity index (χ4v) is 6.99. The number of carbonyl (C=O) groups is 1. The topological polar surface area (TPSA) is 97.2 Å². The van der Waals surface area contributed by atoms with E-state index in [1.54, 1.807) is 6.07 Å². The van der Waals surface area contributed by atoms with Crippen molar-refractivity contribution in [2.75, 3.05) is 31.6 Å². The van der Waals surface area contributed by atoms with Crippen LogP contribution >= 0.6 is 0 Å². The Hall–Kier alpha value is -3.45. The van der Waals surface area contributed by atoms with Crippen molar-refractivity contribution in [3.8, 4) is 5.75 Å². The van der Waals surface area contributed by atoms with Crippen LogP contribution in [0.15, 0.2) is 36.4 Å². The lowest BCUT2D eigenvalue weighted by Gasteiger charge is -2.52. The molecule has 2 aromatic rings. The zero-order valence-corrected chi connectivity index (χ0v) is 23.5. The number of nitrogens with zero attached hydrogens (tertiary/aromatic N) is 3. The Morgan fingerprint density at radius 1 is 1.05 bits per heavy atom. The molecule has 13 heteroatoms. The third kappa shape index (κ3) is 6.57. The summed E-state index contributed by atoms with van der Waals surface area (Å²) in [5.41, 5.74) is -1.17. The number of rotatable bonds is 8. The highest BCUT2D eigenvalue weighted by molar-refractivity contribution is 5.78. The van der Waals surface area contributed by atoms with Gasteiger partial charge in [0.1, 0.15) is 29.8 Å². The molecule has 1 N–H and O–H groups in total. The Kier molecular flexibility index (Phi) is 8.20. The van der Waals surface area contributed by atoms with E-state index in [0.29, 0.717) is 38.6 Å². The molecule has 9 nitrogen and oxygen atoms in total. The Bertz CT molecular complexity index is 1370. The molecule has 2 aromatic carbocycles. The number of piperazine rings is 1. The van der Waals surface area contributed by atoms with Crippen LogP contribution in [0.25, 0.3) is 0 Å². The summed E-state index contributed by atoms with van der Waals surface area (Å²) in [6.07, 6.45) is 0.241. The van der Waals surface area contributed by atoms with Gasteiger partial charge in [0.05, 0.1) is 11.0 Å². The number of alkyl halides is 3. The summed E-state index contributed by atoms with van der Waals surface area (Å²) in [7, 11) is 0. The van der Waals surface area contributed by atoms with Gasteiger partial charge in [-0.15, -0.1) is 0 Å². The predicted molar refractivity (Wildman–Crippen MR) is 148 cm³/mol. The van der Waals surface area contributed by atoms with Gasteiger partial charge in [-0.3, -0.25) is 19.8 Å². The van der Waals surface area contributed by atoms with Crippen LogP contribution in [-0.4, -0.2) is 77.2 Å². The highest BCUT2D eigenvalue weighted by Crippen LogP contribution is 2.38. The Morgan fingerprint density at radius 2 is 1.81 bits per heavy atom. The highest BCUT2D eigenvalue weighted by Gasteiger charge is 2.43. The fraction of sp³-hybridized carbons (Fsp3) is 0.567. The zero-order chi connectivity index (χ0) is 30.3. The van der Waals surface area contributed by atoms with Crippen LogP contribution in [0.2, 0.25) is 0 Å². The molecule has 4 heterocycles. The van der Waals surface area contributed by atoms with E-state index in [2.05, 4.69) is 10.2 Å². The Labute approximate surface area is 246 Å². The maximum atomic E-state index is 13.6. The minimum atomic E-state index is -4.83. The van der Waals surface area contributed by atoms with E-state index in [1.807, 2.05) is 4.90 Å². The maximum absolute atomic E-state index is 13.6. The van der Waals surface area contributed by atoms with Gasteiger partial charge >= 0.3 is 6.18 Å². The van der Waals surface area contributed by atoms with Crippen molar-refractivity contribution in [2.24, 2.45) is 0 Å². The highest BCUT2D eigenvalue weighted by atomic mass is 19.4. The molecule has 3 atom stereocenters. The standard InChI is InChI=1S/C30H34F4N4O5/c31-19-1-10-28-18(11-19)12-25(43-28)16-36-14-23-6-5-22(36)15-37(23)29(39)17-42-24-7-2-20(3-8-24)35-21-4-9-27(38(40)41)26(13-21)30(32,33)34/h1,4,9-11,13,20,22-25,35H,2-3,5-8,12,14-17H2/t20-,22?,23?,24-,25?. The summed E-state index contributed by atoms with van der Waals surface area (Å²) >= 11 is 0. The van der Waals surface area contributed by atoms with E-state index >= 15 is 0 Å². The van der Waals surface area contributed by atoms with Crippen LogP contribution in [0, 0.1) is 15.9 Å². The van der Waals surface area contributed by atoms with Gasteiger partial charge in [-0.05, 0) is 68.9 Å². The van der Waals surface area contributed by atoms with E-state index in [9.17, 15) is 32.5 Å². The molecule has 3 saturated heterocycles.